The fourth-order valence-electron chi connectivity index (χ4n) is 3.32. The van der Waals surface area contributed by atoms with Gasteiger partial charge in [-0.05, 0) is 45.1 Å². The molecule has 0 heterocycles. The second-order valence-electron chi connectivity index (χ2n) is 6.08. The number of sulfone groups is 1. The van der Waals surface area contributed by atoms with Crippen molar-refractivity contribution in [3.8, 4) is 0 Å². The Morgan fingerprint density at radius 1 is 1.28 bits per heavy atom. The van der Waals surface area contributed by atoms with Crippen molar-refractivity contribution < 1.29 is 8.42 Å². The molecule has 106 valence electrons. The number of likely N-dealkylation sites (N-methyl/N-ethyl adjacent to an activating group) is 1. The number of hydrogen-bond acceptors (Lipinski definition) is 4. The van der Waals surface area contributed by atoms with Crippen molar-refractivity contribution in [2.24, 2.45) is 11.7 Å². The van der Waals surface area contributed by atoms with Crippen molar-refractivity contribution >= 4 is 9.84 Å². The second-order valence-corrected chi connectivity index (χ2v) is 8.40. The van der Waals surface area contributed by atoms with E-state index in [-0.39, 0.29) is 5.25 Å². The third-order valence-electron chi connectivity index (χ3n) is 4.71. The lowest BCUT2D eigenvalue weighted by Crippen LogP contribution is -2.48. The molecule has 0 aromatic heterocycles. The van der Waals surface area contributed by atoms with E-state index in [1.807, 2.05) is 0 Å². The Kier molecular flexibility index (Phi) is 4.34. The van der Waals surface area contributed by atoms with Crippen LogP contribution in [0.3, 0.4) is 0 Å². The van der Waals surface area contributed by atoms with Crippen LogP contribution in [0.25, 0.3) is 0 Å². The van der Waals surface area contributed by atoms with Gasteiger partial charge in [-0.3, -0.25) is 4.90 Å². The summed E-state index contributed by atoms with van der Waals surface area (Å²) in [5, 5.41) is -0.142. The Bertz CT molecular complexity index is 378. The van der Waals surface area contributed by atoms with Gasteiger partial charge in [0.05, 0.1) is 5.25 Å². The van der Waals surface area contributed by atoms with Crippen LogP contribution >= 0.6 is 0 Å². The number of hydrogen-bond donors (Lipinski definition) is 1. The third kappa shape index (κ3) is 3.25. The Labute approximate surface area is 111 Å². The van der Waals surface area contributed by atoms with E-state index in [1.54, 1.807) is 0 Å². The van der Waals surface area contributed by atoms with Crippen LogP contribution in [0.4, 0.5) is 0 Å². The SMILES string of the molecule is CN(C1CCCC(S(C)(=O)=O)C1)C(CN)C1CC1. The van der Waals surface area contributed by atoms with Crippen molar-refractivity contribution in [1.29, 1.82) is 0 Å². The van der Waals surface area contributed by atoms with Gasteiger partial charge in [-0.2, -0.15) is 0 Å². The molecule has 2 aliphatic carbocycles. The van der Waals surface area contributed by atoms with Crippen LogP contribution in [-0.4, -0.2) is 50.5 Å². The molecule has 5 heteroatoms. The zero-order chi connectivity index (χ0) is 13.3. The summed E-state index contributed by atoms with van der Waals surface area (Å²) in [4.78, 5) is 2.37. The standard InChI is InChI=1S/C13H26N2O2S/c1-15(13(9-14)10-6-7-10)11-4-3-5-12(8-11)18(2,16)17/h10-13H,3-9,14H2,1-2H3. The summed E-state index contributed by atoms with van der Waals surface area (Å²) in [6.07, 6.45) is 7.71. The maximum atomic E-state index is 11.7. The van der Waals surface area contributed by atoms with Crippen LogP contribution in [0.15, 0.2) is 0 Å². The van der Waals surface area contributed by atoms with Crippen LogP contribution in [0.2, 0.25) is 0 Å². The predicted octanol–water partition coefficient (Wildman–Crippen LogP) is 1.01. The smallest absolute Gasteiger partial charge is 0.150 e. The number of nitrogens with zero attached hydrogens (tertiary/aromatic N) is 1. The van der Waals surface area contributed by atoms with Gasteiger partial charge in [0.25, 0.3) is 0 Å². The molecule has 0 aromatic rings. The Balaban J connectivity index is 1.99. The summed E-state index contributed by atoms with van der Waals surface area (Å²) in [7, 11) is -0.757. The summed E-state index contributed by atoms with van der Waals surface area (Å²) < 4.78 is 23.4. The topological polar surface area (TPSA) is 63.4 Å². The van der Waals surface area contributed by atoms with E-state index in [9.17, 15) is 8.42 Å². The Hall–Kier alpha value is -0.130. The highest BCUT2D eigenvalue weighted by atomic mass is 32.2. The van der Waals surface area contributed by atoms with Gasteiger partial charge in [0, 0.05) is 24.9 Å². The fourth-order valence-corrected chi connectivity index (χ4v) is 4.49. The quantitative estimate of drug-likeness (QED) is 0.813. The Morgan fingerprint density at radius 2 is 1.94 bits per heavy atom. The molecule has 3 unspecified atom stereocenters. The van der Waals surface area contributed by atoms with Crippen LogP contribution in [0.5, 0.6) is 0 Å². The normalized spacial score (nSPS) is 31.6. The molecule has 0 spiro atoms. The summed E-state index contributed by atoms with van der Waals surface area (Å²) >= 11 is 0. The molecule has 2 rings (SSSR count). The van der Waals surface area contributed by atoms with E-state index in [1.165, 1.54) is 19.1 Å². The van der Waals surface area contributed by atoms with E-state index in [0.29, 0.717) is 18.6 Å². The largest absolute Gasteiger partial charge is 0.329 e. The molecule has 0 aliphatic heterocycles. The van der Waals surface area contributed by atoms with Crippen molar-refractivity contribution in [1.82, 2.24) is 4.90 Å². The van der Waals surface area contributed by atoms with Gasteiger partial charge in [-0.1, -0.05) is 6.42 Å². The molecule has 0 bridgehead atoms. The molecule has 3 atom stereocenters. The number of rotatable bonds is 5. The first-order valence-corrected chi connectivity index (χ1v) is 8.99. The van der Waals surface area contributed by atoms with Gasteiger partial charge in [-0.25, -0.2) is 8.42 Å². The van der Waals surface area contributed by atoms with E-state index in [4.69, 9.17) is 5.73 Å². The average molecular weight is 274 g/mol. The van der Waals surface area contributed by atoms with Gasteiger partial charge in [-0.15, -0.1) is 0 Å². The minimum atomic E-state index is -2.89. The molecule has 0 aromatic carbocycles. The van der Waals surface area contributed by atoms with Gasteiger partial charge in [0.1, 0.15) is 9.84 Å². The summed E-state index contributed by atoms with van der Waals surface area (Å²) in [6.45, 7) is 0.696. The first-order valence-electron chi connectivity index (χ1n) is 7.04. The van der Waals surface area contributed by atoms with Gasteiger partial charge in [0.2, 0.25) is 0 Å². The highest BCUT2D eigenvalue weighted by molar-refractivity contribution is 7.91. The molecular formula is C13H26N2O2S. The van der Waals surface area contributed by atoms with Crippen molar-refractivity contribution in [2.45, 2.75) is 55.9 Å². The van der Waals surface area contributed by atoms with Crippen LogP contribution in [-0.2, 0) is 9.84 Å². The highest BCUT2D eigenvalue weighted by Gasteiger charge is 2.38. The van der Waals surface area contributed by atoms with E-state index in [2.05, 4.69) is 11.9 Å². The first kappa shape index (κ1) is 14.3. The predicted molar refractivity (Wildman–Crippen MR) is 74.2 cm³/mol. The molecule has 2 aliphatic rings. The van der Waals surface area contributed by atoms with E-state index >= 15 is 0 Å². The summed E-state index contributed by atoms with van der Waals surface area (Å²) in [5.41, 5.74) is 5.88. The lowest BCUT2D eigenvalue weighted by molar-refractivity contribution is 0.128. The Morgan fingerprint density at radius 3 is 2.44 bits per heavy atom. The summed E-state index contributed by atoms with van der Waals surface area (Å²) in [6, 6.07) is 0.848. The van der Waals surface area contributed by atoms with Crippen LogP contribution < -0.4 is 5.73 Å². The second kappa shape index (κ2) is 5.47. The molecule has 2 fully saturated rings. The zero-order valence-corrected chi connectivity index (χ0v) is 12.3. The molecule has 0 saturated heterocycles. The van der Waals surface area contributed by atoms with Crippen LogP contribution in [0, 0.1) is 5.92 Å². The van der Waals surface area contributed by atoms with E-state index in [0.717, 1.165) is 31.6 Å². The van der Waals surface area contributed by atoms with Crippen molar-refractivity contribution in [3.05, 3.63) is 0 Å². The highest BCUT2D eigenvalue weighted by Crippen LogP contribution is 2.37. The fraction of sp³-hybridized carbons (Fsp3) is 1.00. The molecular weight excluding hydrogens is 248 g/mol. The van der Waals surface area contributed by atoms with E-state index < -0.39 is 9.84 Å². The molecule has 0 amide bonds. The molecule has 2 saturated carbocycles. The zero-order valence-electron chi connectivity index (χ0n) is 11.5. The van der Waals surface area contributed by atoms with Crippen molar-refractivity contribution in [2.75, 3.05) is 19.8 Å². The molecule has 0 radical (unpaired) electrons. The van der Waals surface area contributed by atoms with Gasteiger partial charge in [0.15, 0.2) is 0 Å². The lowest BCUT2D eigenvalue weighted by Gasteiger charge is -2.39. The summed E-state index contributed by atoms with van der Waals surface area (Å²) in [5.74, 6) is 0.749. The average Bonchev–Trinajstić information content (AvgIpc) is 3.13. The minimum Gasteiger partial charge on any atom is -0.329 e. The molecule has 18 heavy (non-hydrogen) atoms. The third-order valence-corrected chi connectivity index (χ3v) is 6.35. The number of nitrogens with two attached hydrogens (primary N) is 1. The monoisotopic (exact) mass is 274 g/mol. The molecule has 2 N–H and O–H groups in total. The lowest BCUT2D eigenvalue weighted by atomic mass is 9.92. The first-order chi connectivity index (χ1) is 8.43. The van der Waals surface area contributed by atoms with Crippen LogP contribution in [0.1, 0.15) is 38.5 Å². The maximum absolute atomic E-state index is 11.7. The maximum Gasteiger partial charge on any atom is 0.150 e. The van der Waals surface area contributed by atoms with Crippen molar-refractivity contribution in [3.63, 3.8) is 0 Å². The minimum absolute atomic E-state index is 0.142. The van der Waals surface area contributed by atoms with Gasteiger partial charge >= 0.3 is 0 Å². The molecule has 4 nitrogen and oxygen atoms in total. The van der Waals surface area contributed by atoms with Gasteiger partial charge < -0.3 is 5.73 Å².